The molecule has 0 aliphatic carbocycles. The fourth-order valence-corrected chi connectivity index (χ4v) is 1.70. The molecule has 0 bridgehead atoms. The van der Waals surface area contributed by atoms with Crippen LogP contribution in [-0.2, 0) is 14.3 Å². The Balaban J connectivity index is 2.50. The molecule has 118 valence electrons. The molecule has 1 rings (SSSR count). The molecule has 0 aliphatic rings. The van der Waals surface area contributed by atoms with E-state index in [4.69, 9.17) is 17.0 Å². The van der Waals surface area contributed by atoms with E-state index in [0.717, 1.165) is 12.2 Å². The maximum absolute atomic E-state index is 11.6. The van der Waals surface area contributed by atoms with E-state index in [1.165, 1.54) is 0 Å². The number of nitrogens with one attached hydrogen (secondary N) is 2. The lowest BCUT2D eigenvalue weighted by Gasteiger charge is -2.09. The number of carbonyl (C=O) groups is 2. The molecular formula is C15H18N2O4S. The first-order chi connectivity index (χ1) is 10.5. The molecule has 0 aliphatic heterocycles. The van der Waals surface area contributed by atoms with Gasteiger partial charge in [-0.3, -0.25) is 10.1 Å². The van der Waals surface area contributed by atoms with Crippen molar-refractivity contribution in [3.63, 3.8) is 0 Å². The minimum atomic E-state index is -0.582. The van der Waals surface area contributed by atoms with Gasteiger partial charge in [0.1, 0.15) is 5.75 Å². The number of hydrogen-bond donors (Lipinski definition) is 2. The van der Waals surface area contributed by atoms with Crippen molar-refractivity contribution >= 4 is 34.9 Å². The highest BCUT2D eigenvalue weighted by Crippen LogP contribution is 2.17. The Bertz CT molecular complexity index is 572. The molecule has 22 heavy (non-hydrogen) atoms. The molecule has 6 nitrogen and oxygen atoms in total. The van der Waals surface area contributed by atoms with E-state index in [1.807, 2.05) is 13.0 Å². The molecule has 0 saturated heterocycles. The van der Waals surface area contributed by atoms with Crippen molar-refractivity contribution in [1.82, 2.24) is 5.32 Å². The van der Waals surface area contributed by atoms with E-state index in [9.17, 15) is 9.59 Å². The molecular weight excluding hydrogens is 304 g/mol. The number of hydrogen-bond acceptors (Lipinski definition) is 5. The molecule has 0 spiro atoms. The van der Waals surface area contributed by atoms with Crippen molar-refractivity contribution < 1.29 is 19.1 Å². The predicted molar refractivity (Wildman–Crippen MR) is 87.7 cm³/mol. The molecule has 7 heteroatoms. The van der Waals surface area contributed by atoms with Gasteiger partial charge in [-0.05, 0) is 38.2 Å². The van der Waals surface area contributed by atoms with Crippen molar-refractivity contribution in [2.75, 3.05) is 18.5 Å². The summed E-state index contributed by atoms with van der Waals surface area (Å²) in [6.07, 6.45) is 2.10. The van der Waals surface area contributed by atoms with Crippen LogP contribution in [0.1, 0.15) is 13.8 Å². The third kappa shape index (κ3) is 6.85. The van der Waals surface area contributed by atoms with Gasteiger partial charge < -0.3 is 14.8 Å². The van der Waals surface area contributed by atoms with Crippen molar-refractivity contribution in [1.29, 1.82) is 0 Å². The third-order valence-corrected chi connectivity index (χ3v) is 2.50. The minimum absolute atomic E-state index is 0.118. The van der Waals surface area contributed by atoms with Gasteiger partial charge in [-0.1, -0.05) is 6.07 Å². The number of anilines is 1. The van der Waals surface area contributed by atoms with Gasteiger partial charge in [0.15, 0.2) is 5.11 Å². The van der Waals surface area contributed by atoms with Crippen molar-refractivity contribution in [3.8, 4) is 5.75 Å². The molecule has 0 heterocycles. The summed E-state index contributed by atoms with van der Waals surface area (Å²) in [4.78, 5) is 22.6. The first kappa shape index (κ1) is 17.6. The molecule has 0 unspecified atom stereocenters. The normalized spacial score (nSPS) is 10.1. The molecule has 0 aromatic heterocycles. The van der Waals surface area contributed by atoms with Gasteiger partial charge in [-0.25, -0.2) is 4.79 Å². The number of esters is 1. The Kier molecular flexibility index (Phi) is 7.63. The van der Waals surface area contributed by atoms with Gasteiger partial charge in [-0.15, -0.1) is 0 Å². The molecule has 1 aromatic carbocycles. The van der Waals surface area contributed by atoms with Crippen molar-refractivity contribution in [2.45, 2.75) is 13.8 Å². The monoisotopic (exact) mass is 322 g/mol. The van der Waals surface area contributed by atoms with Gasteiger partial charge in [0, 0.05) is 23.9 Å². The van der Waals surface area contributed by atoms with Crippen LogP contribution in [0.25, 0.3) is 0 Å². The maximum Gasteiger partial charge on any atom is 0.330 e. The summed E-state index contributed by atoms with van der Waals surface area (Å²) in [5, 5.41) is 5.39. The lowest BCUT2D eigenvalue weighted by Crippen LogP contribution is -2.33. The highest BCUT2D eigenvalue weighted by atomic mass is 32.1. The quantitative estimate of drug-likeness (QED) is 0.474. The molecule has 0 atom stereocenters. The fraction of sp³-hybridized carbons (Fsp3) is 0.267. The van der Waals surface area contributed by atoms with Gasteiger partial charge in [0.2, 0.25) is 5.91 Å². The zero-order valence-corrected chi connectivity index (χ0v) is 13.2. The van der Waals surface area contributed by atoms with Crippen molar-refractivity contribution in [2.24, 2.45) is 0 Å². The van der Waals surface area contributed by atoms with Crippen LogP contribution in [0.4, 0.5) is 5.69 Å². The van der Waals surface area contributed by atoms with Crippen LogP contribution < -0.4 is 15.4 Å². The van der Waals surface area contributed by atoms with E-state index in [2.05, 4.69) is 15.4 Å². The first-order valence-corrected chi connectivity index (χ1v) is 7.15. The zero-order valence-electron chi connectivity index (χ0n) is 12.4. The first-order valence-electron chi connectivity index (χ1n) is 6.74. The van der Waals surface area contributed by atoms with E-state index < -0.39 is 11.9 Å². The molecule has 0 radical (unpaired) electrons. The van der Waals surface area contributed by atoms with Crippen LogP contribution in [0, 0.1) is 0 Å². The minimum Gasteiger partial charge on any atom is -0.494 e. The summed E-state index contributed by atoms with van der Waals surface area (Å²) >= 11 is 5.02. The smallest absolute Gasteiger partial charge is 0.330 e. The maximum atomic E-state index is 11.6. The van der Waals surface area contributed by atoms with Gasteiger partial charge in [0.05, 0.1) is 13.2 Å². The van der Waals surface area contributed by atoms with Crippen LogP contribution in [0.5, 0.6) is 5.75 Å². The second-order valence-electron chi connectivity index (χ2n) is 3.99. The molecule has 2 N–H and O–H groups in total. The Hall–Kier alpha value is -2.41. The fourth-order valence-electron chi connectivity index (χ4n) is 1.48. The highest BCUT2D eigenvalue weighted by molar-refractivity contribution is 7.80. The number of ether oxygens (including phenoxy) is 2. The summed E-state index contributed by atoms with van der Waals surface area (Å²) < 4.78 is 10.0. The van der Waals surface area contributed by atoms with Crippen LogP contribution >= 0.6 is 12.2 Å². The van der Waals surface area contributed by atoms with E-state index in [-0.39, 0.29) is 11.7 Å². The predicted octanol–water partition coefficient (Wildman–Crippen LogP) is 2.02. The topological polar surface area (TPSA) is 76.7 Å². The molecule has 1 aromatic rings. The number of benzene rings is 1. The van der Waals surface area contributed by atoms with E-state index in [1.54, 1.807) is 25.1 Å². The van der Waals surface area contributed by atoms with Crippen LogP contribution in [0.2, 0.25) is 0 Å². The average molecular weight is 322 g/mol. The van der Waals surface area contributed by atoms with Gasteiger partial charge >= 0.3 is 5.97 Å². The van der Waals surface area contributed by atoms with E-state index in [0.29, 0.717) is 18.0 Å². The summed E-state index contributed by atoms with van der Waals surface area (Å²) in [5.41, 5.74) is 0.686. The second-order valence-corrected chi connectivity index (χ2v) is 4.40. The standard InChI is InChI=1S/C15H18N2O4S/c1-3-20-12-7-5-6-11(10-12)16-15(22)17-13(18)8-9-14(19)21-4-2/h5-10H,3-4H2,1-2H3,(H2,16,17,18,22)/b9-8+. The molecule has 0 saturated carbocycles. The van der Waals surface area contributed by atoms with Crippen molar-refractivity contribution in [3.05, 3.63) is 36.4 Å². The summed E-state index contributed by atoms with van der Waals surface area (Å²) in [7, 11) is 0. The Labute approximate surface area is 134 Å². The largest absolute Gasteiger partial charge is 0.494 e. The van der Waals surface area contributed by atoms with Gasteiger partial charge in [-0.2, -0.15) is 0 Å². The molecule has 1 amide bonds. The van der Waals surface area contributed by atoms with Crippen LogP contribution in [-0.4, -0.2) is 30.2 Å². The second kappa shape index (κ2) is 9.51. The number of thiocarbonyl (C=S) groups is 1. The number of rotatable bonds is 6. The third-order valence-electron chi connectivity index (χ3n) is 2.30. The zero-order chi connectivity index (χ0) is 16.4. The average Bonchev–Trinajstić information content (AvgIpc) is 2.46. The van der Waals surface area contributed by atoms with Crippen LogP contribution in [0.15, 0.2) is 36.4 Å². The summed E-state index contributed by atoms with van der Waals surface area (Å²) in [6.45, 7) is 4.38. The Morgan fingerprint density at radius 2 is 2.00 bits per heavy atom. The summed E-state index contributed by atoms with van der Waals surface area (Å²) in [6, 6.07) is 7.17. The van der Waals surface area contributed by atoms with E-state index >= 15 is 0 Å². The SMILES string of the molecule is CCOC(=O)/C=C/C(=O)NC(=S)Nc1cccc(OCC)c1. The Morgan fingerprint density at radius 1 is 1.23 bits per heavy atom. The summed E-state index contributed by atoms with van der Waals surface area (Å²) in [5.74, 6) is -0.406. The van der Waals surface area contributed by atoms with Crippen LogP contribution in [0.3, 0.4) is 0 Å². The lowest BCUT2D eigenvalue weighted by atomic mass is 10.3. The number of amides is 1. The number of carbonyl (C=O) groups excluding carboxylic acids is 2. The highest BCUT2D eigenvalue weighted by Gasteiger charge is 2.04. The molecule has 0 fully saturated rings. The van der Waals surface area contributed by atoms with Gasteiger partial charge in [0.25, 0.3) is 0 Å². The Morgan fingerprint density at radius 3 is 2.68 bits per heavy atom. The lowest BCUT2D eigenvalue weighted by molar-refractivity contribution is -0.137.